The molecule has 0 saturated heterocycles. The summed E-state index contributed by atoms with van der Waals surface area (Å²) in [5.74, 6) is -0.394. The lowest BCUT2D eigenvalue weighted by atomic mass is 10.1. The molecule has 0 aliphatic rings. The number of halogens is 1. The largest absolute Gasteiger partial charge is 0.444 e. The van der Waals surface area contributed by atoms with Crippen LogP contribution in [-0.4, -0.2) is 17.3 Å². The highest BCUT2D eigenvalue weighted by molar-refractivity contribution is 5.64. The minimum absolute atomic E-state index is 0.394. The summed E-state index contributed by atoms with van der Waals surface area (Å²) in [6, 6.07) is 5.27. The predicted octanol–water partition coefficient (Wildman–Crippen LogP) is 1.34. The summed E-state index contributed by atoms with van der Waals surface area (Å²) < 4.78 is 17.2. The first kappa shape index (κ1) is 11.5. The van der Waals surface area contributed by atoms with Crippen LogP contribution in [0.2, 0.25) is 0 Å². The first-order valence-corrected chi connectivity index (χ1v) is 4.40. The summed E-state index contributed by atoms with van der Waals surface area (Å²) in [5.41, 5.74) is 5.26. The number of rotatable bonds is 3. The highest BCUT2D eigenvalue weighted by Crippen LogP contribution is 2.19. The fraction of sp³-hybridized carbons (Fsp3) is 0.300. The number of aliphatic hydroxyl groups is 1. The second-order valence-electron chi connectivity index (χ2n) is 3.14. The van der Waals surface area contributed by atoms with Gasteiger partial charge >= 0.3 is 6.09 Å². The van der Waals surface area contributed by atoms with Crippen molar-refractivity contribution in [2.24, 2.45) is 5.73 Å². The Morgan fingerprint density at radius 3 is 2.47 bits per heavy atom. The van der Waals surface area contributed by atoms with Crippen LogP contribution in [0, 0.1) is 5.82 Å². The maximum absolute atomic E-state index is 12.6. The molecule has 0 fully saturated rings. The van der Waals surface area contributed by atoms with Gasteiger partial charge in [0.2, 0.25) is 0 Å². The van der Waals surface area contributed by atoms with Crippen LogP contribution in [0.4, 0.5) is 9.18 Å². The molecule has 3 N–H and O–H groups in total. The van der Waals surface area contributed by atoms with Crippen molar-refractivity contribution in [3.05, 3.63) is 35.6 Å². The van der Waals surface area contributed by atoms with Crippen LogP contribution in [0.1, 0.15) is 18.6 Å². The van der Waals surface area contributed by atoms with Gasteiger partial charge in [0.05, 0.1) is 0 Å². The Balaban J connectivity index is 2.71. The molecule has 0 radical (unpaired) electrons. The number of benzene rings is 1. The van der Waals surface area contributed by atoms with Gasteiger partial charge in [0, 0.05) is 0 Å². The Hall–Kier alpha value is -1.62. The summed E-state index contributed by atoms with van der Waals surface area (Å²) in [4.78, 5) is 10.4. The predicted molar refractivity (Wildman–Crippen MR) is 51.5 cm³/mol. The van der Waals surface area contributed by atoms with Crippen LogP contribution in [0.25, 0.3) is 0 Å². The van der Waals surface area contributed by atoms with Crippen molar-refractivity contribution >= 4 is 6.09 Å². The van der Waals surface area contributed by atoms with E-state index >= 15 is 0 Å². The molecule has 4 nitrogen and oxygen atoms in total. The van der Waals surface area contributed by atoms with E-state index in [1.165, 1.54) is 31.2 Å². The van der Waals surface area contributed by atoms with E-state index in [0.29, 0.717) is 5.56 Å². The van der Waals surface area contributed by atoms with E-state index in [-0.39, 0.29) is 0 Å². The number of carbonyl (C=O) groups excluding carboxylic acids is 1. The Kier molecular flexibility index (Phi) is 3.62. The summed E-state index contributed by atoms with van der Waals surface area (Å²) in [6.07, 6.45) is -2.74. The summed E-state index contributed by atoms with van der Waals surface area (Å²) >= 11 is 0. The molecule has 0 aliphatic heterocycles. The Bertz CT molecular complexity index is 339. The monoisotopic (exact) mass is 213 g/mol. The normalized spacial score (nSPS) is 14.3. The highest BCUT2D eigenvalue weighted by atomic mass is 19.1. The quantitative estimate of drug-likeness (QED) is 0.795. The van der Waals surface area contributed by atoms with Crippen LogP contribution in [0.5, 0.6) is 0 Å². The lowest BCUT2D eigenvalue weighted by molar-refractivity contribution is 0.0157. The average Bonchev–Trinajstić information content (AvgIpc) is 2.17. The number of ether oxygens (including phenoxy) is 1. The minimum atomic E-state index is -1.02. The van der Waals surface area contributed by atoms with Crippen molar-refractivity contribution in [3.8, 4) is 0 Å². The number of hydrogen-bond donors (Lipinski definition) is 2. The highest BCUT2D eigenvalue weighted by Gasteiger charge is 2.19. The molecule has 15 heavy (non-hydrogen) atoms. The van der Waals surface area contributed by atoms with Gasteiger partial charge in [-0.15, -0.1) is 0 Å². The molecule has 1 aromatic rings. The number of hydrogen-bond acceptors (Lipinski definition) is 3. The molecule has 0 heterocycles. The van der Waals surface area contributed by atoms with E-state index in [0.717, 1.165) is 0 Å². The van der Waals surface area contributed by atoms with E-state index in [1.54, 1.807) is 0 Å². The number of nitrogens with two attached hydrogens (primary N) is 1. The van der Waals surface area contributed by atoms with Crippen LogP contribution in [0.3, 0.4) is 0 Å². The molecule has 82 valence electrons. The zero-order valence-electron chi connectivity index (χ0n) is 8.18. The van der Waals surface area contributed by atoms with Crippen LogP contribution >= 0.6 is 0 Å². The summed E-state index contributed by atoms with van der Waals surface area (Å²) in [5, 5.41) is 9.67. The third kappa shape index (κ3) is 3.21. The van der Waals surface area contributed by atoms with Crippen LogP contribution in [-0.2, 0) is 4.74 Å². The van der Waals surface area contributed by atoms with Crippen molar-refractivity contribution in [1.82, 2.24) is 0 Å². The van der Waals surface area contributed by atoms with Gasteiger partial charge in [-0.25, -0.2) is 9.18 Å². The molecule has 5 heteroatoms. The van der Waals surface area contributed by atoms with Crippen molar-refractivity contribution in [2.45, 2.75) is 19.1 Å². The molecule has 1 amide bonds. The van der Waals surface area contributed by atoms with E-state index in [9.17, 15) is 14.3 Å². The molecule has 1 aromatic carbocycles. The van der Waals surface area contributed by atoms with Gasteiger partial charge in [-0.05, 0) is 24.6 Å². The Morgan fingerprint density at radius 1 is 1.47 bits per heavy atom. The zero-order chi connectivity index (χ0) is 11.4. The smallest absolute Gasteiger partial charge is 0.404 e. The lowest BCUT2D eigenvalue weighted by Crippen LogP contribution is -2.25. The second-order valence-corrected chi connectivity index (χ2v) is 3.14. The average molecular weight is 213 g/mol. The number of primary amides is 1. The van der Waals surface area contributed by atoms with E-state index in [2.05, 4.69) is 4.74 Å². The fourth-order valence-electron chi connectivity index (χ4n) is 1.18. The maximum atomic E-state index is 12.6. The van der Waals surface area contributed by atoms with E-state index in [4.69, 9.17) is 5.73 Å². The van der Waals surface area contributed by atoms with Crippen molar-refractivity contribution < 1.29 is 19.0 Å². The van der Waals surface area contributed by atoms with Crippen molar-refractivity contribution in [2.75, 3.05) is 0 Å². The maximum Gasteiger partial charge on any atom is 0.404 e. The molecule has 0 bridgehead atoms. The molecule has 1 rings (SSSR count). The third-order valence-corrected chi connectivity index (χ3v) is 1.96. The number of carbonyl (C=O) groups is 1. The standard InChI is InChI=1S/C10H12FNO3/c1-6(15-10(12)14)9(13)7-2-4-8(11)5-3-7/h2-6,9,13H,1H3,(H2,12,14). The SMILES string of the molecule is CC(OC(N)=O)C(O)c1ccc(F)cc1. The molecule has 2 unspecified atom stereocenters. The van der Waals surface area contributed by atoms with Gasteiger partial charge in [0.1, 0.15) is 18.0 Å². The Morgan fingerprint density at radius 2 is 2.00 bits per heavy atom. The van der Waals surface area contributed by atoms with Gasteiger partial charge in [-0.2, -0.15) is 0 Å². The summed E-state index contributed by atoms with van der Waals surface area (Å²) in [6.45, 7) is 1.50. The molecule has 0 aromatic heterocycles. The van der Waals surface area contributed by atoms with Gasteiger partial charge in [0.15, 0.2) is 0 Å². The first-order chi connectivity index (χ1) is 7.00. The van der Waals surface area contributed by atoms with Crippen LogP contribution < -0.4 is 5.73 Å². The van der Waals surface area contributed by atoms with Gasteiger partial charge in [-0.3, -0.25) is 0 Å². The molecule has 2 atom stereocenters. The summed E-state index contributed by atoms with van der Waals surface area (Å²) in [7, 11) is 0. The lowest BCUT2D eigenvalue weighted by Gasteiger charge is -2.18. The number of amides is 1. The van der Waals surface area contributed by atoms with E-state index in [1.807, 2.05) is 0 Å². The topological polar surface area (TPSA) is 72.5 Å². The molecule has 0 aliphatic carbocycles. The van der Waals surface area contributed by atoms with E-state index < -0.39 is 24.1 Å². The van der Waals surface area contributed by atoms with Gasteiger partial charge in [0.25, 0.3) is 0 Å². The molecule has 0 spiro atoms. The fourth-order valence-corrected chi connectivity index (χ4v) is 1.18. The minimum Gasteiger partial charge on any atom is -0.444 e. The zero-order valence-corrected chi connectivity index (χ0v) is 8.18. The first-order valence-electron chi connectivity index (χ1n) is 4.40. The third-order valence-electron chi connectivity index (χ3n) is 1.96. The number of aliphatic hydroxyl groups excluding tert-OH is 1. The van der Waals surface area contributed by atoms with Crippen molar-refractivity contribution in [3.63, 3.8) is 0 Å². The van der Waals surface area contributed by atoms with Crippen molar-refractivity contribution in [1.29, 1.82) is 0 Å². The molecular weight excluding hydrogens is 201 g/mol. The van der Waals surface area contributed by atoms with Gasteiger partial charge < -0.3 is 15.6 Å². The Labute approximate surface area is 86.5 Å². The second kappa shape index (κ2) is 4.75. The molecular formula is C10H12FNO3. The van der Waals surface area contributed by atoms with Crippen LogP contribution in [0.15, 0.2) is 24.3 Å². The molecule has 0 saturated carbocycles. The van der Waals surface area contributed by atoms with Gasteiger partial charge in [-0.1, -0.05) is 12.1 Å².